The van der Waals surface area contributed by atoms with Gasteiger partial charge in [-0.25, -0.2) is 4.98 Å². The molecule has 4 rings (SSSR count). The van der Waals surface area contributed by atoms with Crippen LogP contribution in [0.5, 0.6) is 5.88 Å². The zero-order valence-corrected chi connectivity index (χ0v) is 17.4. The van der Waals surface area contributed by atoms with Crippen LogP contribution in [0.15, 0.2) is 24.3 Å². The van der Waals surface area contributed by atoms with Gasteiger partial charge in [-0.05, 0) is 13.3 Å². The summed E-state index contributed by atoms with van der Waals surface area (Å²) in [6, 6.07) is 8.88. The summed E-state index contributed by atoms with van der Waals surface area (Å²) in [5, 5.41) is 15.5. The predicted octanol–water partition coefficient (Wildman–Crippen LogP) is 3.02. The van der Waals surface area contributed by atoms with Gasteiger partial charge < -0.3 is 10.0 Å². The smallest absolute Gasteiger partial charge is 0.235 e. The molecule has 0 unspecified atom stereocenters. The van der Waals surface area contributed by atoms with E-state index in [0.29, 0.717) is 11.8 Å². The number of aryl methyl sites for hydroxylation is 2. The quantitative estimate of drug-likeness (QED) is 0.726. The van der Waals surface area contributed by atoms with Crippen LogP contribution in [0.2, 0.25) is 0 Å². The second kappa shape index (κ2) is 7.24. The third-order valence-electron chi connectivity index (χ3n) is 5.67. The number of piperidine rings is 1. The number of likely N-dealkylation sites (tertiary alicyclic amines) is 1. The molecule has 0 amide bonds. The summed E-state index contributed by atoms with van der Waals surface area (Å²) in [7, 11) is 0. The molecule has 6 heteroatoms. The van der Waals surface area contributed by atoms with E-state index in [0.717, 1.165) is 35.2 Å². The van der Waals surface area contributed by atoms with E-state index in [1.54, 1.807) is 15.9 Å². The van der Waals surface area contributed by atoms with Crippen LogP contribution in [0.3, 0.4) is 0 Å². The fourth-order valence-corrected chi connectivity index (χ4v) is 5.69. The summed E-state index contributed by atoms with van der Waals surface area (Å²) >= 11 is 1.58. The second-order valence-electron chi connectivity index (χ2n) is 8.22. The van der Waals surface area contributed by atoms with Gasteiger partial charge in [0.05, 0.1) is 13.1 Å². The molecule has 1 saturated heterocycles. The average Bonchev–Trinajstić information content (AvgIpc) is 3.16. The Morgan fingerprint density at radius 3 is 2.48 bits per heavy atom. The van der Waals surface area contributed by atoms with E-state index < -0.39 is 0 Å². The van der Waals surface area contributed by atoms with Gasteiger partial charge in [0.15, 0.2) is 11.9 Å². The van der Waals surface area contributed by atoms with Crippen LogP contribution < -0.4 is 4.90 Å². The minimum Gasteiger partial charge on any atom is -0.492 e. The fourth-order valence-electron chi connectivity index (χ4n) is 4.53. The van der Waals surface area contributed by atoms with Crippen molar-refractivity contribution in [1.29, 1.82) is 0 Å². The first-order valence-corrected chi connectivity index (χ1v) is 10.8. The van der Waals surface area contributed by atoms with Crippen molar-refractivity contribution in [3.05, 3.63) is 46.1 Å². The van der Waals surface area contributed by atoms with Crippen molar-refractivity contribution in [3.63, 3.8) is 0 Å². The van der Waals surface area contributed by atoms with Crippen LogP contribution in [-0.4, -0.2) is 32.8 Å². The third kappa shape index (κ3) is 3.48. The number of aromatic hydroxyl groups is 1. The lowest BCUT2D eigenvalue weighted by Gasteiger charge is -2.37. The molecule has 1 aliphatic heterocycles. The Bertz CT molecular complexity index is 920. The standard InChI is InChI=1S/C21H28N4OS/c1-5-17-22-21-25(23-17)20(26)19(27-21)18(16-8-6-13(2)7-9-16)24-11-14(3)10-15(4)12-24/h6-9,14-15,18,26H,5,10-12H2,1-4H3/p+1/t14-,15-,18+/m0/s1. The van der Waals surface area contributed by atoms with Crippen molar-refractivity contribution < 1.29 is 10.0 Å². The van der Waals surface area contributed by atoms with Crippen LogP contribution in [0, 0.1) is 18.8 Å². The van der Waals surface area contributed by atoms with E-state index in [4.69, 9.17) is 0 Å². The number of hydrogen-bond donors (Lipinski definition) is 2. The monoisotopic (exact) mass is 385 g/mol. The highest BCUT2D eigenvalue weighted by Crippen LogP contribution is 2.35. The summed E-state index contributed by atoms with van der Waals surface area (Å²) in [4.78, 5) is 7.87. The molecule has 1 fully saturated rings. The molecule has 0 saturated carbocycles. The molecule has 3 atom stereocenters. The number of hydrogen-bond acceptors (Lipinski definition) is 4. The Hall–Kier alpha value is -1.92. The van der Waals surface area contributed by atoms with Crippen molar-refractivity contribution in [2.45, 2.75) is 46.6 Å². The molecule has 3 aromatic rings. The highest BCUT2D eigenvalue weighted by atomic mass is 32.1. The van der Waals surface area contributed by atoms with E-state index in [2.05, 4.69) is 55.1 Å². The Labute approximate surface area is 164 Å². The van der Waals surface area contributed by atoms with E-state index in [1.165, 1.54) is 22.4 Å². The largest absolute Gasteiger partial charge is 0.492 e. The maximum absolute atomic E-state index is 11.0. The first-order chi connectivity index (χ1) is 13.0. The van der Waals surface area contributed by atoms with E-state index in [1.807, 2.05) is 6.92 Å². The normalized spacial score (nSPS) is 24.4. The van der Waals surface area contributed by atoms with Gasteiger partial charge in [0.2, 0.25) is 10.8 Å². The number of rotatable bonds is 4. The topological polar surface area (TPSA) is 54.9 Å². The minimum absolute atomic E-state index is 0.120. The van der Waals surface area contributed by atoms with Crippen molar-refractivity contribution in [2.75, 3.05) is 13.1 Å². The lowest BCUT2D eigenvalue weighted by Crippen LogP contribution is -3.14. The number of benzene rings is 1. The van der Waals surface area contributed by atoms with Gasteiger partial charge in [-0.2, -0.15) is 4.52 Å². The lowest BCUT2D eigenvalue weighted by molar-refractivity contribution is -0.936. The maximum Gasteiger partial charge on any atom is 0.235 e. The molecule has 0 spiro atoms. The molecule has 2 N–H and O–H groups in total. The molecule has 2 aromatic heterocycles. The number of quaternary nitrogens is 1. The summed E-state index contributed by atoms with van der Waals surface area (Å²) < 4.78 is 1.62. The minimum atomic E-state index is 0.120. The van der Waals surface area contributed by atoms with Gasteiger partial charge in [-0.15, -0.1) is 5.10 Å². The molecule has 144 valence electrons. The van der Waals surface area contributed by atoms with Crippen LogP contribution in [0.25, 0.3) is 4.96 Å². The summed E-state index contributed by atoms with van der Waals surface area (Å²) in [5.41, 5.74) is 2.51. The maximum atomic E-state index is 11.0. The number of nitrogens with zero attached hydrogens (tertiary/aromatic N) is 3. The first-order valence-electron chi connectivity index (χ1n) is 9.94. The number of aromatic nitrogens is 3. The lowest BCUT2D eigenvalue weighted by atomic mass is 9.89. The molecule has 1 aliphatic rings. The second-order valence-corrected chi connectivity index (χ2v) is 9.23. The van der Waals surface area contributed by atoms with E-state index >= 15 is 0 Å². The predicted molar refractivity (Wildman–Crippen MR) is 109 cm³/mol. The summed E-state index contributed by atoms with van der Waals surface area (Å²) in [6.45, 7) is 11.1. The molecular formula is C21H29N4OS+. The van der Waals surface area contributed by atoms with Gasteiger partial charge in [0.1, 0.15) is 4.88 Å². The number of thiazole rings is 1. The average molecular weight is 386 g/mol. The van der Waals surface area contributed by atoms with Gasteiger partial charge >= 0.3 is 0 Å². The van der Waals surface area contributed by atoms with E-state index in [9.17, 15) is 5.11 Å². The van der Waals surface area contributed by atoms with Crippen molar-refractivity contribution in [2.24, 2.45) is 11.8 Å². The van der Waals surface area contributed by atoms with Crippen LogP contribution in [0.4, 0.5) is 0 Å². The SMILES string of the molecule is CCc1nc2sc([C@@H](c3ccc(C)cc3)[NH+]3C[C@@H](C)C[C@H](C)C3)c(O)n2n1. The van der Waals surface area contributed by atoms with Gasteiger partial charge in [0.25, 0.3) is 0 Å². The Morgan fingerprint density at radius 2 is 1.89 bits per heavy atom. The number of nitrogens with one attached hydrogen (secondary N) is 1. The highest BCUT2D eigenvalue weighted by molar-refractivity contribution is 7.17. The van der Waals surface area contributed by atoms with Crippen molar-refractivity contribution in [1.82, 2.24) is 14.6 Å². The molecular weight excluding hydrogens is 356 g/mol. The molecule has 5 nitrogen and oxygen atoms in total. The van der Waals surface area contributed by atoms with Gasteiger partial charge in [-0.1, -0.05) is 61.9 Å². The summed E-state index contributed by atoms with van der Waals surface area (Å²) in [6.07, 6.45) is 2.06. The Kier molecular flexibility index (Phi) is 4.95. The molecule has 1 aromatic carbocycles. The highest BCUT2D eigenvalue weighted by Gasteiger charge is 2.37. The molecule has 3 heterocycles. The molecule has 27 heavy (non-hydrogen) atoms. The van der Waals surface area contributed by atoms with Gasteiger partial charge in [-0.3, -0.25) is 0 Å². The van der Waals surface area contributed by atoms with Crippen LogP contribution >= 0.6 is 11.3 Å². The molecule has 0 radical (unpaired) electrons. The van der Waals surface area contributed by atoms with Crippen LogP contribution in [-0.2, 0) is 6.42 Å². The van der Waals surface area contributed by atoms with Crippen LogP contribution in [0.1, 0.15) is 55.1 Å². The van der Waals surface area contributed by atoms with Crippen molar-refractivity contribution in [3.8, 4) is 5.88 Å². The zero-order chi connectivity index (χ0) is 19.1. The molecule has 0 bridgehead atoms. The zero-order valence-electron chi connectivity index (χ0n) is 16.6. The van der Waals surface area contributed by atoms with E-state index in [-0.39, 0.29) is 11.9 Å². The van der Waals surface area contributed by atoms with Gasteiger partial charge in [0, 0.05) is 23.8 Å². The Morgan fingerprint density at radius 1 is 1.22 bits per heavy atom. The molecule has 0 aliphatic carbocycles. The fraction of sp³-hybridized carbons (Fsp3) is 0.524. The van der Waals surface area contributed by atoms with Crippen molar-refractivity contribution >= 4 is 16.3 Å². The summed E-state index contributed by atoms with van der Waals surface area (Å²) in [5.74, 6) is 2.41. The first kappa shape index (κ1) is 18.4. The number of fused-ring (bicyclic) bond motifs is 1. The Balaban J connectivity index is 1.81. The third-order valence-corrected chi connectivity index (χ3v) is 6.75.